The number of rotatable bonds is 25. The van der Waals surface area contributed by atoms with E-state index >= 15 is 0 Å². The second-order valence-corrected chi connectivity index (χ2v) is 11.5. The largest absolute Gasteiger partial charge is 0.480 e. The summed E-state index contributed by atoms with van der Waals surface area (Å²) in [5, 5.41) is 49.7. The van der Waals surface area contributed by atoms with Crippen LogP contribution in [0.4, 0.5) is 0 Å². The molecule has 0 saturated heterocycles. The lowest BCUT2D eigenvalue weighted by Crippen LogP contribution is -2.54. The fraction of sp³-hybridized carbons (Fsp3) is 0.615. The van der Waals surface area contributed by atoms with Crippen LogP contribution >= 0.6 is 37.9 Å². The van der Waals surface area contributed by atoms with Gasteiger partial charge in [-0.25, -0.2) is 9.59 Å². The number of carbonyl (C=O) groups excluding carboxylic acids is 6. The standard InChI is InChI=1S/C26H41N7O14S3/c27-11(24(42)43)1-4-17(34)30-15(9-49)22(40)32-13(26(46)47)3-6-19(36)31-16(10-50)23(41)33-12(25(44)45)2-5-18(35)29-14(8-48)21(39)28-7-20(37)38/h11-16,48-50H,1-10,27H2,(H,28,39)(H,29,35)(H,30,34)(H,31,36)(H,32,40)(H,33,41)(H,37,38)(H,42,43)(H,44,45)(H,46,47). The van der Waals surface area contributed by atoms with Crippen LogP contribution in [0.15, 0.2) is 0 Å². The van der Waals surface area contributed by atoms with Gasteiger partial charge in [-0.05, 0) is 19.3 Å². The molecule has 0 spiro atoms. The summed E-state index contributed by atoms with van der Waals surface area (Å²) in [6.07, 6.45) is -2.56. The molecule has 0 radical (unpaired) electrons. The Balaban J connectivity index is 5.12. The molecule has 0 aliphatic carbocycles. The van der Waals surface area contributed by atoms with Crippen LogP contribution in [-0.2, 0) is 47.9 Å². The Bertz CT molecular complexity index is 1270. The van der Waals surface area contributed by atoms with E-state index in [2.05, 4.69) is 69.8 Å². The maximum absolute atomic E-state index is 12.7. The Labute approximate surface area is 301 Å². The number of carboxylic acid groups (broad SMARTS) is 4. The van der Waals surface area contributed by atoms with Gasteiger partial charge in [-0.2, -0.15) is 37.9 Å². The zero-order valence-corrected chi connectivity index (χ0v) is 29.0. The van der Waals surface area contributed by atoms with Gasteiger partial charge in [0.25, 0.3) is 0 Å². The van der Waals surface area contributed by atoms with E-state index in [1.165, 1.54) is 0 Å². The predicted octanol–water partition coefficient (Wildman–Crippen LogP) is -4.68. The van der Waals surface area contributed by atoms with Gasteiger partial charge in [-0.15, -0.1) is 0 Å². The molecule has 282 valence electrons. The van der Waals surface area contributed by atoms with Crippen molar-refractivity contribution in [3.63, 3.8) is 0 Å². The molecule has 0 heterocycles. The molecule has 21 nitrogen and oxygen atoms in total. The number of hydrogen-bond donors (Lipinski definition) is 14. The smallest absolute Gasteiger partial charge is 0.326 e. The summed E-state index contributed by atoms with van der Waals surface area (Å²) in [6.45, 7) is -0.708. The molecule has 6 unspecified atom stereocenters. The van der Waals surface area contributed by atoms with Crippen molar-refractivity contribution in [1.29, 1.82) is 0 Å². The second kappa shape index (κ2) is 24.0. The van der Waals surface area contributed by atoms with E-state index in [0.717, 1.165) is 0 Å². The topological polar surface area (TPSA) is 350 Å². The highest BCUT2D eigenvalue weighted by Crippen LogP contribution is 2.05. The minimum Gasteiger partial charge on any atom is -0.480 e. The molecule has 0 aliphatic heterocycles. The fourth-order valence-electron chi connectivity index (χ4n) is 3.69. The Morgan fingerprint density at radius 3 is 1.12 bits per heavy atom. The van der Waals surface area contributed by atoms with Gasteiger partial charge in [0.1, 0.15) is 42.8 Å². The number of hydrogen-bond acceptors (Lipinski definition) is 14. The third-order valence-electron chi connectivity index (χ3n) is 6.47. The highest BCUT2D eigenvalue weighted by molar-refractivity contribution is 7.80. The third-order valence-corrected chi connectivity index (χ3v) is 7.56. The Hall–Kier alpha value is -4.29. The first kappa shape index (κ1) is 45.7. The monoisotopic (exact) mass is 771 g/mol. The van der Waals surface area contributed by atoms with Gasteiger partial charge in [0, 0.05) is 36.5 Å². The quantitative estimate of drug-likeness (QED) is 0.0388. The maximum Gasteiger partial charge on any atom is 0.326 e. The van der Waals surface area contributed by atoms with Crippen molar-refractivity contribution >= 4 is 97.2 Å². The van der Waals surface area contributed by atoms with Gasteiger partial charge >= 0.3 is 23.9 Å². The summed E-state index contributed by atoms with van der Waals surface area (Å²) < 4.78 is 0. The fourth-order valence-corrected chi connectivity index (χ4v) is 4.46. The SMILES string of the molecule is NC(CCC(=O)NC(CS)C(=O)NC(CCC(=O)NC(CS)C(=O)NC(CCC(=O)NC(CS)C(=O)NCC(=O)O)C(=O)O)C(=O)O)C(=O)O. The van der Waals surface area contributed by atoms with Crippen LogP contribution in [0, 0.1) is 0 Å². The predicted molar refractivity (Wildman–Crippen MR) is 180 cm³/mol. The minimum atomic E-state index is -1.64. The van der Waals surface area contributed by atoms with E-state index in [0.29, 0.717) is 0 Å². The van der Waals surface area contributed by atoms with Crippen molar-refractivity contribution in [2.24, 2.45) is 5.73 Å². The molecule has 0 aromatic heterocycles. The van der Waals surface area contributed by atoms with Gasteiger partial charge in [0.2, 0.25) is 35.4 Å². The molecule has 12 N–H and O–H groups in total. The van der Waals surface area contributed by atoms with Crippen LogP contribution in [0.3, 0.4) is 0 Å². The van der Waals surface area contributed by atoms with Crippen molar-refractivity contribution in [3.8, 4) is 0 Å². The number of carboxylic acids is 4. The number of nitrogens with two attached hydrogens (primary N) is 1. The highest BCUT2D eigenvalue weighted by atomic mass is 32.1. The van der Waals surface area contributed by atoms with E-state index < -0.39 is 128 Å². The van der Waals surface area contributed by atoms with Crippen LogP contribution in [-0.4, -0.2) is 140 Å². The summed E-state index contributed by atoms with van der Waals surface area (Å²) in [7, 11) is 0. The first-order chi connectivity index (χ1) is 23.4. The lowest BCUT2D eigenvalue weighted by molar-refractivity contribution is -0.142. The highest BCUT2D eigenvalue weighted by Gasteiger charge is 2.29. The van der Waals surface area contributed by atoms with Crippen molar-refractivity contribution in [2.75, 3.05) is 23.8 Å². The van der Waals surface area contributed by atoms with Gasteiger partial charge < -0.3 is 58.1 Å². The summed E-state index contributed by atoms with van der Waals surface area (Å²) in [5.74, 6) is -11.8. The molecule has 0 aliphatic rings. The molecular formula is C26H41N7O14S3. The second-order valence-electron chi connectivity index (χ2n) is 10.4. The molecule has 6 amide bonds. The normalized spacial score (nSPS) is 14.2. The number of thiol groups is 3. The number of carbonyl (C=O) groups is 10. The summed E-state index contributed by atoms with van der Waals surface area (Å²) in [4.78, 5) is 119. The maximum atomic E-state index is 12.7. The summed E-state index contributed by atoms with van der Waals surface area (Å²) in [5.41, 5.74) is 5.33. The van der Waals surface area contributed by atoms with Crippen molar-refractivity contribution < 1.29 is 68.4 Å². The van der Waals surface area contributed by atoms with E-state index in [1.54, 1.807) is 0 Å². The van der Waals surface area contributed by atoms with Crippen LogP contribution in [0.5, 0.6) is 0 Å². The number of amides is 6. The van der Waals surface area contributed by atoms with E-state index in [4.69, 9.17) is 15.9 Å². The van der Waals surface area contributed by atoms with Gasteiger partial charge in [-0.3, -0.25) is 38.4 Å². The first-order valence-electron chi connectivity index (χ1n) is 14.6. The molecule has 0 saturated carbocycles. The van der Waals surface area contributed by atoms with Gasteiger partial charge in [0.15, 0.2) is 0 Å². The molecular weight excluding hydrogens is 731 g/mol. The molecule has 0 fully saturated rings. The minimum absolute atomic E-state index is 0.207. The zero-order valence-electron chi connectivity index (χ0n) is 26.3. The Morgan fingerprint density at radius 1 is 0.480 bits per heavy atom. The molecule has 0 aromatic rings. The van der Waals surface area contributed by atoms with Crippen LogP contribution in [0.2, 0.25) is 0 Å². The van der Waals surface area contributed by atoms with Crippen molar-refractivity contribution in [1.82, 2.24) is 31.9 Å². The number of aliphatic carboxylic acids is 4. The van der Waals surface area contributed by atoms with Crippen LogP contribution < -0.4 is 37.6 Å². The lowest BCUT2D eigenvalue weighted by Gasteiger charge is -2.22. The third kappa shape index (κ3) is 18.5. The van der Waals surface area contributed by atoms with E-state index in [9.17, 15) is 58.2 Å². The Kier molecular flexibility index (Phi) is 21.9. The number of nitrogens with one attached hydrogen (secondary N) is 6. The molecule has 0 bridgehead atoms. The zero-order chi connectivity index (χ0) is 38.6. The molecule has 24 heteroatoms. The molecule has 0 rings (SSSR count). The van der Waals surface area contributed by atoms with Crippen LogP contribution in [0.1, 0.15) is 38.5 Å². The van der Waals surface area contributed by atoms with Crippen molar-refractivity contribution in [2.45, 2.75) is 74.8 Å². The van der Waals surface area contributed by atoms with Gasteiger partial charge in [-0.1, -0.05) is 0 Å². The summed E-state index contributed by atoms with van der Waals surface area (Å²) in [6, 6.07) is -8.55. The average molecular weight is 772 g/mol. The average Bonchev–Trinajstić information content (AvgIpc) is 3.05. The lowest BCUT2D eigenvalue weighted by atomic mass is 10.1. The Morgan fingerprint density at radius 2 is 0.820 bits per heavy atom. The first-order valence-corrected chi connectivity index (χ1v) is 16.5. The molecule has 0 aromatic carbocycles. The van der Waals surface area contributed by atoms with Crippen molar-refractivity contribution in [3.05, 3.63) is 0 Å². The van der Waals surface area contributed by atoms with Gasteiger partial charge in [0.05, 0.1) is 0 Å². The molecule has 6 atom stereocenters. The summed E-state index contributed by atoms with van der Waals surface area (Å²) >= 11 is 11.8. The van der Waals surface area contributed by atoms with E-state index in [1.807, 2.05) is 0 Å². The van der Waals surface area contributed by atoms with E-state index in [-0.39, 0.29) is 30.1 Å². The van der Waals surface area contributed by atoms with Crippen LogP contribution in [0.25, 0.3) is 0 Å². The molecule has 50 heavy (non-hydrogen) atoms.